The number of carbonyl (C=O) groups excluding carboxylic acids is 2. The molecule has 3 heteroatoms. The summed E-state index contributed by atoms with van der Waals surface area (Å²) in [6.45, 7) is 6.40. The molecule has 0 N–H and O–H groups in total. The molecule has 0 unspecified atom stereocenters. The summed E-state index contributed by atoms with van der Waals surface area (Å²) in [5.74, 6) is 0.346. The second kappa shape index (κ2) is 6.18. The molecule has 0 aliphatic heterocycles. The van der Waals surface area contributed by atoms with Crippen molar-refractivity contribution >= 4 is 11.8 Å². The highest BCUT2D eigenvalue weighted by Crippen LogP contribution is 2.43. The number of unbranched alkanes of at least 4 members (excludes halogenated alkanes) is 1. The van der Waals surface area contributed by atoms with Crippen molar-refractivity contribution < 1.29 is 14.3 Å². The van der Waals surface area contributed by atoms with Crippen LogP contribution in [0.3, 0.4) is 0 Å². The summed E-state index contributed by atoms with van der Waals surface area (Å²) in [6, 6.07) is 0. The highest BCUT2D eigenvalue weighted by Gasteiger charge is 2.42. The van der Waals surface area contributed by atoms with Gasteiger partial charge in [0, 0.05) is 12.3 Å². The fraction of sp³-hybridized carbons (Fsp3) is 0.857. The van der Waals surface area contributed by atoms with Gasteiger partial charge >= 0.3 is 5.97 Å². The molecule has 2 atom stereocenters. The Morgan fingerprint density at radius 1 is 1.47 bits per heavy atom. The standard InChI is InChI=1S/C14H24O3/c1-4-6-7-11-8-14(3,9-12(11)15)10-13(16)17-5-2/h11H,4-10H2,1-3H3/t11-,14+/m0/s1. The summed E-state index contributed by atoms with van der Waals surface area (Å²) in [6.07, 6.45) is 4.98. The zero-order chi connectivity index (χ0) is 12.9. The number of rotatable bonds is 6. The van der Waals surface area contributed by atoms with Crippen LogP contribution in [0.2, 0.25) is 0 Å². The smallest absolute Gasteiger partial charge is 0.306 e. The topological polar surface area (TPSA) is 43.4 Å². The molecular formula is C14H24O3. The third-order valence-electron chi connectivity index (χ3n) is 3.58. The molecule has 0 saturated heterocycles. The lowest BCUT2D eigenvalue weighted by Crippen LogP contribution is -2.19. The molecule has 1 aliphatic carbocycles. The number of hydrogen-bond acceptors (Lipinski definition) is 3. The summed E-state index contributed by atoms with van der Waals surface area (Å²) in [5, 5.41) is 0. The molecule has 0 heterocycles. The highest BCUT2D eigenvalue weighted by molar-refractivity contribution is 5.85. The Morgan fingerprint density at radius 3 is 2.76 bits per heavy atom. The van der Waals surface area contributed by atoms with E-state index in [4.69, 9.17) is 4.74 Å². The van der Waals surface area contributed by atoms with E-state index in [2.05, 4.69) is 6.92 Å². The molecule has 0 radical (unpaired) electrons. The van der Waals surface area contributed by atoms with Gasteiger partial charge in [-0.05, 0) is 25.2 Å². The first-order chi connectivity index (χ1) is 8.00. The largest absolute Gasteiger partial charge is 0.466 e. The molecule has 1 fully saturated rings. The zero-order valence-electron chi connectivity index (χ0n) is 11.3. The molecule has 1 saturated carbocycles. The minimum atomic E-state index is -0.168. The number of ether oxygens (including phenoxy) is 1. The highest BCUT2D eigenvalue weighted by atomic mass is 16.5. The zero-order valence-corrected chi connectivity index (χ0v) is 11.3. The SMILES string of the molecule is CCCC[C@H]1C[C@@](C)(CC(=O)OCC)CC1=O. The van der Waals surface area contributed by atoms with Gasteiger partial charge in [-0.3, -0.25) is 9.59 Å². The van der Waals surface area contributed by atoms with Gasteiger partial charge < -0.3 is 4.74 Å². The van der Waals surface area contributed by atoms with Crippen LogP contribution in [0.15, 0.2) is 0 Å². The van der Waals surface area contributed by atoms with Gasteiger partial charge in [0.2, 0.25) is 0 Å². The lowest BCUT2D eigenvalue weighted by atomic mass is 9.83. The van der Waals surface area contributed by atoms with Crippen LogP contribution in [0.1, 0.15) is 59.3 Å². The second-order valence-electron chi connectivity index (χ2n) is 5.48. The van der Waals surface area contributed by atoms with Crippen molar-refractivity contribution in [2.75, 3.05) is 6.61 Å². The van der Waals surface area contributed by atoms with Gasteiger partial charge in [-0.1, -0.05) is 26.7 Å². The van der Waals surface area contributed by atoms with Gasteiger partial charge in [0.25, 0.3) is 0 Å². The first-order valence-corrected chi connectivity index (χ1v) is 6.69. The molecule has 3 nitrogen and oxygen atoms in total. The van der Waals surface area contributed by atoms with Crippen molar-refractivity contribution in [2.24, 2.45) is 11.3 Å². The maximum absolute atomic E-state index is 11.9. The van der Waals surface area contributed by atoms with E-state index in [-0.39, 0.29) is 17.3 Å². The second-order valence-corrected chi connectivity index (χ2v) is 5.48. The van der Waals surface area contributed by atoms with Crippen molar-refractivity contribution in [1.82, 2.24) is 0 Å². The number of carbonyl (C=O) groups is 2. The van der Waals surface area contributed by atoms with Gasteiger partial charge in [-0.2, -0.15) is 0 Å². The first kappa shape index (κ1) is 14.2. The molecule has 1 aliphatic rings. The van der Waals surface area contributed by atoms with Crippen LogP contribution in [-0.2, 0) is 14.3 Å². The Hall–Kier alpha value is -0.860. The minimum absolute atomic E-state index is 0.165. The Morgan fingerprint density at radius 2 is 2.18 bits per heavy atom. The molecular weight excluding hydrogens is 216 g/mol. The van der Waals surface area contributed by atoms with E-state index in [0.717, 1.165) is 25.7 Å². The Balaban J connectivity index is 2.50. The summed E-state index contributed by atoms with van der Waals surface area (Å²) >= 11 is 0. The van der Waals surface area contributed by atoms with E-state index in [1.54, 1.807) is 0 Å². The molecule has 0 spiro atoms. The number of ketones is 1. The van der Waals surface area contributed by atoms with Crippen LogP contribution in [0, 0.1) is 11.3 Å². The summed E-state index contributed by atoms with van der Waals surface area (Å²) in [7, 11) is 0. The Labute approximate surface area is 104 Å². The molecule has 0 bridgehead atoms. The fourth-order valence-corrected chi connectivity index (χ4v) is 2.75. The van der Waals surface area contributed by atoms with Gasteiger partial charge in [0.1, 0.15) is 5.78 Å². The van der Waals surface area contributed by atoms with Crippen LogP contribution in [0.5, 0.6) is 0 Å². The van der Waals surface area contributed by atoms with Gasteiger partial charge in [0.05, 0.1) is 13.0 Å². The summed E-state index contributed by atoms with van der Waals surface area (Å²) < 4.78 is 4.97. The maximum atomic E-state index is 11.9. The van der Waals surface area contributed by atoms with Crippen LogP contribution in [-0.4, -0.2) is 18.4 Å². The lowest BCUT2D eigenvalue weighted by molar-refractivity contribution is -0.145. The third-order valence-corrected chi connectivity index (χ3v) is 3.58. The van der Waals surface area contributed by atoms with Crippen LogP contribution in [0.25, 0.3) is 0 Å². The average Bonchev–Trinajstić information content (AvgIpc) is 2.50. The van der Waals surface area contributed by atoms with Crippen LogP contribution in [0.4, 0.5) is 0 Å². The number of hydrogen-bond donors (Lipinski definition) is 0. The first-order valence-electron chi connectivity index (χ1n) is 6.69. The molecule has 0 aromatic carbocycles. The molecule has 0 aromatic rings. The van der Waals surface area contributed by atoms with Gasteiger partial charge in [0.15, 0.2) is 0 Å². The number of esters is 1. The molecule has 98 valence electrons. The van der Waals surface area contributed by atoms with E-state index in [1.807, 2.05) is 13.8 Å². The Bertz CT molecular complexity index is 285. The normalized spacial score (nSPS) is 28.4. The predicted octanol–water partition coefficient (Wildman–Crippen LogP) is 3.12. The molecule has 0 amide bonds. The molecule has 0 aromatic heterocycles. The van der Waals surface area contributed by atoms with E-state index >= 15 is 0 Å². The van der Waals surface area contributed by atoms with Crippen molar-refractivity contribution in [3.8, 4) is 0 Å². The van der Waals surface area contributed by atoms with Gasteiger partial charge in [-0.25, -0.2) is 0 Å². The monoisotopic (exact) mass is 240 g/mol. The lowest BCUT2D eigenvalue weighted by Gasteiger charge is -2.21. The average molecular weight is 240 g/mol. The fourth-order valence-electron chi connectivity index (χ4n) is 2.75. The van der Waals surface area contributed by atoms with E-state index in [9.17, 15) is 9.59 Å². The van der Waals surface area contributed by atoms with Crippen molar-refractivity contribution in [3.05, 3.63) is 0 Å². The number of Topliss-reactive ketones (excluding diaryl/α,β-unsaturated/α-hetero) is 1. The molecule has 17 heavy (non-hydrogen) atoms. The van der Waals surface area contributed by atoms with Crippen LogP contribution < -0.4 is 0 Å². The minimum Gasteiger partial charge on any atom is -0.466 e. The van der Waals surface area contributed by atoms with Crippen molar-refractivity contribution in [2.45, 2.75) is 59.3 Å². The molecule has 1 rings (SSSR count). The van der Waals surface area contributed by atoms with E-state index in [0.29, 0.717) is 25.2 Å². The summed E-state index contributed by atoms with van der Waals surface area (Å²) in [4.78, 5) is 23.4. The Kier molecular flexibility index (Phi) is 5.16. The van der Waals surface area contributed by atoms with Gasteiger partial charge in [-0.15, -0.1) is 0 Å². The van der Waals surface area contributed by atoms with E-state index < -0.39 is 0 Å². The van der Waals surface area contributed by atoms with Crippen LogP contribution >= 0.6 is 0 Å². The van der Waals surface area contributed by atoms with E-state index in [1.165, 1.54) is 0 Å². The van der Waals surface area contributed by atoms with Crippen molar-refractivity contribution in [1.29, 1.82) is 0 Å². The van der Waals surface area contributed by atoms with Crippen molar-refractivity contribution in [3.63, 3.8) is 0 Å². The summed E-state index contributed by atoms with van der Waals surface area (Å²) in [5.41, 5.74) is -0.165. The quantitative estimate of drug-likeness (QED) is 0.670. The maximum Gasteiger partial charge on any atom is 0.306 e. The third kappa shape index (κ3) is 4.14. The predicted molar refractivity (Wildman–Crippen MR) is 66.6 cm³/mol.